The van der Waals surface area contributed by atoms with Gasteiger partial charge in [0, 0.05) is 27.0 Å². The van der Waals surface area contributed by atoms with Gasteiger partial charge >= 0.3 is 0 Å². The Bertz CT molecular complexity index is 955. The largest absolute Gasteiger partial charge is 0.569 e. The van der Waals surface area contributed by atoms with E-state index in [2.05, 4.69) is 79.8 Å². The molecule has 1 aliphatic rings. The van der Waals surface area contributed by atoms with Crippen molar-refractivity contribution in [2.75, 3.05) is 0 Å². The summed E-state index contributed by atoms with van der Waals surface area (Å²) in [5, 5.41) is 9.81. The molecule has 0 aliphatic heterocycles. The zero-order valence-corrected chi connectivity index (χ0v) is 18.9. The van der Waals surface area contributed by atoms with Crippen molar-refractivity contribution >= 4 is 12.9 Å². The molecule has 2 aromatic rings. The van der Waals surface area contributed by atoms with Gasteiger partial charge in [-0.1, -0.05) is 36.6 Å². The van der Waals surface area contributed by atoms with Gasteiger partial charge in [0.15, 0.2) is 13.0 Å². The third-order valence-electron chi connectivity index (χ3n) is 4.12. The van der Waals surface area contributed by atoms with Gasteiger partial charge in [0.25, 0.3) is 0 Å². The Morgan fingerprint density at radius 1 is 1.39 bits per heavy atom. The van der Waals surface area contributed by atoms with E-state index >= 15 is 0 Å². The van der Waals surface area contributed by atoms with Crippen LogP contribution in [0, 0.1) is 25.3 Å². The molecule has 0 bridgehead atoms. The zero-order valence-electron chi connectivity index (χ0n) is 16.5. The van der Waals surface area contributed by atoms with E-state index in [9.17, 15) is 0 Å². The van der Waals surface area contributed by atoms with Gasteiger partial charge in [-0.2, -0.15) is 0 Å². The Morgan fingerprint density at radius 2 is 2.14 bits per heavy atom. The maximum atomic E-state index is 8.59. The van der Waals surface area contributed by atoms with E-state index in [0.717, 1.165) is 17.7 Å². The normalized spacial score (nSPS) is 11.6. The molecule has 149 valence electrons. The first kappa shape index (κ1) is 23.5. The SMILES string of the molecule is C=[O+][C-](C)/C=C(/C)O.C=[n+]1ccc2c(c1-c1[c-]cc(CC)cc1)[CH-]C=CC=2.[Ir]. The van der Waals surface area contributed by atoms with Gasteiger partial charge in [-0.05, 0) is 17.9 Å². The number of fused-ring (bicyclic) bond motifs is 1. The molecule has 3 rings (SSSR count). The van der Waals surface area contributed by atoms with E-state index in [1.54, 1.807) is 13.8 Å². The van der Waals surface area contributed by atoms with Crippen LogP contribution in [0.4, 0.5) is 0 Å². The maximum absolute atomic E-state index is 8.59. The van der Waals surface area contributed by atoms with E-state index in [1.807, 2.05) is 10.4 Å². The number of hydrogen-bond acceptors (Lipinski definition) is 1. The van der Waals surface area contributed by atoms with Crippen LogP contribution in [-0.2, 0) is 31.0 Å². The van der Waals surface area contributed by atoms with Crippen LogP contribution in [0.5, 0.6) is 0 Å². The van der Waals surface area contributed by atoms with E-state index in [4.69, 9.17) is 5.11 Å². The number of nitrogens with zero attached hydrogens (tertiary/aromatic N) is 1. The van der Waals surface area contributed by atoms with Gasteiger partial charge in [-0.15, -0.1) is 54.5 Å². The minimum Gasteiger partial charge on any atom is -0.569 e. The van der Waals surface area contributed by atoms with Crippen LogP contribution in [0.1, 0.15) is 31.9 Å². The van der Waals surface area contributed by atoms with Crippen molar-refractivity contribution in [2.24, 2.45) is 0 Å². The Labute approximate surface area is 181 Å². The maximum Gasteiger partial charge on any atom is 0.217 e. The molecule has 0 atom stereocenters. The zero-order chi connectivity index (χ0) is 19.8. The topological polar surface area (TPSA) is 37.4 Å². The van der Waals surface area contributed by atoms with Crippen molar-refractivity contribution in [3.05, 3.63) is 96.1 Å². The second kappa shape index (κ2) is 11.3. The molecule has 0 fully saturated rings. The van der Waals surface area contributed by atoms with Crippen molar-refractivity contribution in [2.45, 2.75) is 27.2 Å². The number of aliphatic hydroxyl groups excluding tert-OH is 1. The number of benzene rings is 1. The molecule has 0 unspecified atom stereocenters. The first-order valence-corrected chi connectivity index (χ1v) is 8.84. The summed E-state index contributed by atoms with van der Waals surface area (Å²) in [5.74, 6) is 0.228. The van der Waals surface area contributed by atoms with Crippen molar-refractivity contribution in [1.29, 1.82) is 0 Å². The van der Waals surface area contributed by atoms with Crippen LogP contribution in [0.25, 0.3) is 17.3 Å². The Kier molecular flexibility index (Phi) is 9.50. The summed E-state index contributed by atoms with van der Waals surface area (Å²) < 4.78 is 6.41. The van der Waals surface area contributed by atoms with Crippen molar-refractivity contribution in [1.82, 2.24) is 0 Å². The predicted octanol–water partition coefficient (Wildman–Crippen LogP) is 3.91. The summed E-state index contributed by atoms with van der Waals surface area (Å²) in [7, 11) is 0. The summed E-state index contributed by atoms with van der Waals surface area (Å²) in [4.78, 5) is 0. The van der Waals surface area contributed by atoms with Crippen LogP contribution in [0.15, 0.2) is 54.4 Å². The predicted molar refractivity (Wildman–Crippen MR) is 110 cm³/mol. The van der Waals surface area contributed by atoms with Crippen LogP contribution in [0.3, 0.4) is 0 Å². The van der Waals surface area contributed by atoms with E-state index in [1.165, 1.54) is 22.4 Å². The van der Waals surface area contributed by atoms with Gasteiger partial charge in [-0.25, -0.2) is 4.24 Å². The van der Waals surface area contributed by atoms with E-state index in [-0.39, 0.29) is 25.9 Å². The van der Waals surface area contributed by atoms with Gasteiger partial charge in [-0.3, -0.25) is 0 Å². The third-order valence-corrected chi connectivity index (χ3v) is 4.12. The molecule has 0 amide bonds. The molecule has 1 aliphatic carbocycles. The summed E-state index contributed by atoms with van der Waals surface area (Å²) in [6.45, 7) is 12.7. The molecule has 28 heavy (non-hydrogen) atoms. The Morgan fingerprint density at radius 3 is 2.68 bits per heavy atom. The van der Waals surface area contributed by atoms with Crippen LogP contribution < -0.4 is 9.46 Å². The number of aromatic nitrogens is 1. The number of carbonyl (C=O) groups excluding carboxylic acids is 1. The molecule has 1 aromatic carbocycles. The summed E-state index contributed by atoms with van der Waals surface area (Å²) in [6, 6.07) is 11.8. The fraction of sp³-hybridized carbons (Fsp3) is 0.167. The molecule has 4 heteroatoms. The molecule has 1 N–H and O–H groups in total. The molecule has 1 heterocycles. The molecule has 0 spiro atoms. The summed E-state index contributed by atoms with van der Waals surface area (Å²) in [5.41, 5.74) is 4.71. The fourth-order valence-electron chi connectivity index (χ4n) is 2.72. The average molecular weight is 553 g/mol. The van der Waals surface area contributed by atoms with Gasteiger partial charge in [0.2, 0.25) is 6.10 Å². The van der Waals surface area contributed by atoms with Crippen molar-refractivity contribution in [3.63, 3.8) is 0 Å². The molecule has 1 aromatic heterocycles. The number of rotatable bonds is 4. The first-order valence-electron chi connectivity index (χ1n) is 8.84. The third kappa shape index (κ3) is 6.26. The molecule has 0 saturated heterocycles. The standard InChI is InChI=1S/C18H16N.C6H10O2.Ir/c1-3-14-8-10-16(11-9-14)18-17-7-5-4-6-15(17)12-13-19(18)2;1-5(7)4-6(2)8-3;/h4-10,12-13H,2-3H2,1H3;4,7H,3H2,1-2H3;/q-1;;/b;5-4-;. The minimum atomic E-state index is 0. The fourth-order valence-corrected chi connectivity index (χ4v) is 2.72. The molecular weight excluding hydrogens is 526 g/mol. The van der Waals surface area contributed by atoms with Crippen molar-refractivity contribution < 1.29 is 33.9 Å². The minimum absolute atomic E-state index is 0. The number of aryl methyl sites for hydroxylation is 1. The van der Waals surface area contributed by atoms with Crippen LogP contribution >= 0.6 is 0 Å². The number of hydrogen-bond donors (Lipinski definition) is 1. The van der Waals surface area contributed by atoms with Crippen LogP contribution in [0.2, 0.25) is 0 Å². The monoisotopic (exact) mass is 553 g/mol. The van der Waals surface area contributed by atoms with Crippen LogP contribution in [-0.4, -0.2) is 11.9 Å². The van der Waals surface area contributed by atoms with Crippen molar-refractivity contribution in [3.8, 4) is 11.3 Å². The van der Waals surface area contributed by atoms with E-state index in [0.29, 0.717) is 6.10 Å². The Hall–Kier alpha value is -2.55. The molecular formula is C24H26IrNO2-. The second-order valence-corrected chi connectivity index (χ2v) is 6.23. The number of allylic oxidation sites excluding steroid dienone is 3. The molecule has 1 radical (unpaired) electrons. The second-order valence-electron chi connectivity index (χ2n) is 6.23. The number of aliphatic hydroxyl groups is 1. The van der Waals surface area contributed by atoms with Gasteiger partial charge in [0.1, 0.15) is 12.4 Å². The molecule has 0 saturated carbocycles. The quantitative estimate of drug-likeness (QED) is 0.266. The van der Waals surface area contributed by atoms with Gasteiger partial charge < -0.3 is 9.53 Å². The summed E-state index contributed by atoms with van der Waals surface area (Å²) in [6.07, 6.45) is 13.5. The average Bonchev–Trinajstić information content (AvgIpc) is 2.68. The van der Waals surface area contributed by atoms with Gasteiger partial charge in [0.05, 0.1) is 0 Å². The molecule has 3 nitrogen and oxygen atoms in total. The Balaban J connectivity index is 0.000000376. The van der Waals surface area contributed by atoms with E-state index < -0.39 is 0 Å². The smallest absolute Gasteiger partial charge is 0.217 e. The summed E-state index contributed by atoms with van der Waals surface area (Å²) >= 11 is 0. The number of pyridine rings is 1. The first-order chi connectivity index (χ1) is 13.0.